The Bertz CT molecular complexity index is 665. The molecule has 0 aliphatic rings. The number of hydrogen-bond donors (Lipinski definition) is 1. The Morgan fingerprint density at radius 3 is 3.00 bits per heavy atom. The second kappa shape index (κ2) is 5.51. The van der Waals surface area contributed by atoms with Crippen LogP contribution in [0.1, 0.15) is 31.5 Å². The fraction of sp³-hybridized carbons (Fsp3) is 0.312. The van der Waals surface area contributed by atoms with Gasteiger partial charge in [-0.2, -0.15) is 0 Å². The summed E-state index contributed by atoms with van der Waals surface area (Å²) in [6.07, 6.45) is 3.84. The summed E-state index contributed by atoms with van der Waals surface area (Å²) in [5, 5.41) is 4.60. The molecule has 2 aromatic heterocycles. The molecule has 0 spiro atoms. The molecule has 0 aliphatic carbocycles. The van der Waals surface area contributed by atoms with Crippen LogP contribution in [-0.2, 0) is 13.1 Å². The van der Waals surface area contributed by atoms with Crippen molar-refractivity contribution in [3.63, 3.8) is 0 Å². The van der Waals surface area contributed by atoms with Crippen molar-refractivity contribution in [3.8, 4) is 0 Å². The molecule has 1 unspecified atom stereocenters. The number of imidazole rings is 1. The van der Waals surface area contributed by atoms with Crippen molar-refractivity contribution in [2.75, 3.05) is 0 Å². The quantitative estimate of drug-likeness (QED) is 0.771. The maximum atomic E-state index is 5.87. The zero-order valence-corrected chi connectivity index (χ0v) is 11.8. The highest BCUT2D eigenvalue weighted by molar-refractivity contribution is 5.77. The molecule has 1 aromatic carbocycles. The first-order chi connectivity index (χ1) is 9.78. The molecule has 104 valence electrons. The number of benzene rings is 1. The highest BCUT2D eigenvalue weighted by atomic mass is 16.3. The summed E-state index contributed by atoms with van der Waals surface area (Å²) < 4.78 is 8.00. The van der Waals surface area contributed by atoms with E-state index in [2.05, 4.69) is 40.8 Å². The second-order valence-electron chi connectivity index (χ2n) is 4.92. The second-order valence-corrected chi connectivity index (χ2v) is 4.92. The predicted octanol–water partition coefficient (Wildman–Crippen LogP) is 3.50. The maximum absolute atomic E-state index is 5.87. The highest BCUT2D eigenvalue weighted by Gasteiger charge is 2.12. The van der Waals surface area contributed by atoms with E-state index in [9.17, 15) is 0 Å². The third-order valence-corrected chi connectivity index (χ3v) is 3.58. The Balaban J connectivity index is 1.71. The molecule has 0 saturated carbocycles. The van der Waals surface area contributed by atoms with Gasteiger partial charge in [0.2, 0.25) is 0 Å². The van der Waals surface area contributed by atoms with Gasteiger partial charge >= 0.3 is 0 Å². The van der Waals surface area contributed by atoms with Gasteiger partial charge in [0, 0.05) is 24.3 Å². The molecule has 0 saturated heterocycles. The van der Waals surface area contributed by atoms with E-state index >= 15 is 0 Å². The van der Waals surface area contributed by atoms with Crippen LogP contribution in [0.5, 0.6) is 0 Å². The van der Waals surface area contributed by atoms with Gasteiger partial charge in [0.25, 0.3) is 0 Å². The third kappa shape index (κ3) is 2.47. The van der Waals surface area contributed by atoms with Crippen LogP contribution in [0.2, 0.25) is 0 Å². The number of hydrogen-bond acceptors (Lipinski definition) is 3. The normalized spacial score (nSPS) is 12.9. The van der Waals surface area contributed by atoms with Crippen LogP contribution in [0.4, 0.5) is 0 Å². The van der Waals surface area contributed by atoms with Crippen LogP contribution in [0.15, 0.2) is 47.1 Å². The molecule has 3 aromatic rings. The molecule has 3 rings (SSSR count). The molecule has 4 heteroatoms. The Kier molecular flexibility index (Phi) is 3.56. The van der Waals surface area contributed by atoms with Crippen molar-refractivity contribution in [3.05, 3.63) is 54.3 Å². The number of para-hydroxylation sites is 1. The number of aryl methyl sites for hydroxylation is 1. The number of rotatable bonds is 5. The molecular formula is C16H19N3O. The zero-order chi connectivity index (χ0) is 13.9. The van der Waals surface area contributed by atoms with Crippen LogP contribution < -0.4 is 5.32 Å². The SMILES string of the molecule is CCn1ccnc1CNC(C)c1cc2ccccc2o1. The summed E-state index contributed by atoms with van der Waals surface area (Å²) in [4.78, 5) is 4.37. The van der Waals surface area contributed by atoms with Crippen molar-refractivity contribution in [1.82, 2.24) is 14.9 Å². The van der Waals surface area contributed by atoms with Crippen molar-refractivity contribution in [1.29, 1.82) is 0 Å². The Morgan fingerprint density at radius 2 is 2.20 bits per heavy atom. The van der Waals surface area contributed by atoms with Gasteiger partial charge in [-0.25, -0.2) is 4.98 Å². The lowest BCUT2D eigenvalue weighted by Gasteiger charge is -2.11. The first-order valence-corrected chi connectivity index (χ1v) is 7.00. The summed E-state index contributed by atoms with van der Waals surface area (Å²) in [5.74, 6) is 2.01. The molecular weight excluding hydrogens is 250 g/mol. The van der Waals surface area contributed by atoms with Crippen molar-refractivity contribution < 1.29 is 4.42 Å². The Labute approximate surface area is 118 Å². The Hall–Kier alpha value is -2.07. The maximum Gasteiger partial charge on any atom is 0.134 e. The average Bonchev–Trinajstić information content (AvgIpc) is 3.10. The minimum absolute atomic E-state index is 0.157. The summed E-state index contributed by atoms with van der Waals surface area (Å²) in [5.41, 5.74) is 0.936. The van der Waals surface area contributed by atoms with Crippen LogP contribution in [0.3, 0.4) is 0 Å². The van der Waals surface area contributed by atoms with Crippen LogP contribution in [-0.4, -0.2) is 9.55 Å². The zero-order valence-electron chi connectivity index (χ0n) is 11.8. The molecule has 0 fully saturated rings. The highest BCUT2D eigenvalue weighted by Crippen LogP contribution is 2.23. The van der Waals surface area contributed by atoms with Gasteiger partial charge < -0.3 is 14.3 Å². The summed E-state index contributed by atoms with van der Waals surface area (Å²) in [6.45, 7) is 5.90. The minimum Gasteiger partial charge on any atom is -0.459 e. The molecule has 0 bridgehead atoms. The van der Waals surface area contributed by atoms with Gasteiger partial charge in [0.05, 0.1) is 12.6 Å². The molecule has 4 nitrogen and oxygen atoms in total. The van der Waals surface area contributed by atoms with E-state index in [1.54, 1.807) is 0 Å². The smallest absolute Gasteiger partial charge is 0.134 e. The Morgan fingerprint density at radius 1 is 1.35 bits per heavy atom. The number of fused-ring (bicyclic) bond motifs is 1. The van der Waals surface area contributed by atoms with E-state index in [1.807, 2.05) is 30.6 Å². The van der Waals surface area contributed by atoms with E-state index in [0.29, 0.717) is 0 Å². The van der Waals surface area contributed by atoms with Crippen LogP contribution in [0.25, 0.3) is 11.0 Å². The lowest BCUT2D eigenvalue weighted by molar-refractivity contribution is 0.442. The fourth-order valence-corrected chi connectivity index (χ4v) is 2.36. The van der Waals surface area contributed by atoms with E-state index in [1.165, 1.54) is 0 Å². The van der Waals surface area contributed by atoms with Crippen molar-refractivity contribution in [2.45, 2.75) is 33.0 Å². The minimum atomic E-state index is 0.157. The standard InChI is InChI=1S/C16H19N3O/c1-3-19-9-8-17-16(19)11-18-12(2)15-10-13-6-4-5-7-14(13)20-15/h4-10,12,18H,3,11H2,1-2H3. The molecule has 2 heterocycles. The number of furan rings is 1. The van der Waals surface area contributed by atoms with E-state index in [4.69, 9.17) is 4.42 Å². The van der Waals surface area contributed by atoms with Gasteiger partial charge in [-0.1, -0.05) is 18.2 Å². The van der Waals surface area contributed by atoms with Gasteiger partial charge in [0.1, 0.15) is 17.2 Å². The van der Waals surface area contributed by atoms with Crippen molar-refractivity contribution in [2.24, 2.45) is 0 Å². The number of aromatic nitrogens is 2. The largest absolute Gasteiger partial charge is 0.459 e. The van der Waals surface area contributed by atoms with E-state index in [0.717, 1.165) is 35.6 Å². The van der Waals surface area contributed by atoms with Gasteiger partial charge in [0.15, 0.2) is 0 Å². The van der Waals surface area contributed by atoms with Gasteiger partial charge in [-0.3, -0.25) is 0 Å². The number of nitrogens with one attached hydrogen (secondary N) is 1. The van der Waals surface area contributed by atoms with Crippen LogP contribution >= 0.6 is 0 Å². The molecule has 1 N–H and O–H groups in total. The number of nitrogens with zero attached hydrogens (tertiary/aromatic N) is 2. The average molecular weight is 269 g/mol. The lowest BCUT2D eigenvalue weighted by Crippen LogP contribution is -2.20. The summed E-state index contributed by atoms with van der Waals surface area (Å²) in [6, 6.07) is 10.3. The predicted molar refractivity (Wildman–Crippen MR) is 79.4 cm³/mol. The topological polar surface area (TPSA) is 43.0 Å². The van der Waals surface area contributed by atoms with Crippen LogP contribution in [0, 0.1) is 0 Å². The molecule has 0 amide bonds. The molecule has 20 heavy (non-hydrogen) atoms. The molecule has 1 atom stereocenters. The first-order valence-electron chi connectivity index (χ1n) is 7.00. The summed E-state index contributed by atoms with van der Waals surface area (Å²) in [7, 11) is 0. The fourth-order valence-electron chi connectivity index (χ4n) is 2.36. The molecule has 0 radical (unpaired) electrons. The van der Waals surface area contributed by atoms with Gasteiger partial charge in [-0.15, -0.1) is 0 Å². The lowest BCUT2D eigenvalue weighted by atomic mass is 10.2. The van der Waals surface area contributed by atoms with Crippen molar-refractivity contribution >= 4 is 11.0 Å². The first kappa shape index (κ1) is 12.9. The summed E-state index contributed by atoms with van der Waals surface area (Å²) >= 11 is 0. The third-order valence-electron chi connectivity index (χ3n) is 3.58. The van der Waals surface area contributed by atoms with E-state index < -0.39 is 0 Å². The van der Waals surface area contributed by atoms with E-state index in [-0.39, 0.29) is 6.04 Å². The van der Waals surface area contributed by atoms with Gasteiger partial charge in [-0.05, 0) is 26.0 Å². The monoisotopic (exact) mass is 269 g/mol. The molecule has 0 aliphatic heterocycles.